The van der Waals surface area contributed by atoms with Crippen molar-refractivity contribution in [3.05, 3.63) is 52.3 Å². The van der Waals surface area contributed by atoms with E-state index >= 15 is 0 Å². The van der Waals surface area contributed by atoms with E-state index < -0.39 is 0 Å². The topological polar surface area (TPSA) is 51.8 Å². The second-order valence-corrected chi connectivity index (χ2v) is 7.03. The fourth-order valence-corrected chi connectivity index (χ4v) is 3.90. The van der Waals surface area contributed by atoms with Crippen LogP contribution in [0.2, 0.25) is 10.3 Å². The molecule has 0 radical (unpaired) electrons. The van der Waals surface area contributed by atoms with Crippen LogP contribution in [0.15, 0.2) is 36.4 Å². The normalized spacial score (nSPS) is 10.2. The van der Waals surface area contributed by atoms with Gasteiger partial charge in [0, 0.05) is 33.5 Å². The Morgan fingerprint density at radius 3 is 2.00 bits per heavy atom. The molecule has 0 aliphatic rings. The first-order valence-electron chi connectivity index (χ1n) is 6.36. The maximum absolute atomic E-state index is 5.84. The Morgan fingerprint density at radius 2 is 1.39 bits per heavy atom. The second-order valence-electron chi connectivity index (χ2n) is 4.70. The number of hydrogen-bond donors (Lipinski definition) is 1. The number of benzene rings is 2. The molecule has 0 aliphatic carbocycles. The van der Waals surface area contributed by atoms with Crippen LogP contribution in [0.25, 0.3) is 20.2 Å². The van der Waals surface area contributed by atoms with Gasteiger partial charge in [0.15, 0.2) is 10.3 Å². The van der Waals surface area contributed by atoms with E-state index in [1.165, 1.54) is 28.6 Å². The summed E-state index contributed by atoms with van der Waals surface area (Å²) in [7, 11) is 0. The minimum absolute atomic E-state index is 0. The first kappa shape index (κ1) is 18.5. The molecule has 0 aliphatic heterocycles. The van der Waals surface area contributed by atoms with E-state index in [0.717, 1.165) is 25.9 Å². The van der Waals surface area contributed by atoms with Gasteiger partial charge in [-0.05, 0) is 60.3 Å². The molecule has 4 aromatic rings. The van der Waals surface area contributed by atoms with Gasteiger partial charge in [-0.2, -0.15) is 8.75 Å². The molecule has 2 aromatic heterocycles. The summed E-state index contributed by atoms with van der Waals surface area (Å²) in [6, 6.07) is 11.8. The van der Waals surface area contributed by atoms with Crippen molar-refractivity contribution in [2.75, 3.05) is 5.73 Å². The molecule has 0 saturated carbocycles. The molecule has 120 valence electrons. The second kappa shape index (κ2) is 7.79. The molecule has 0 bridgehead atoms. The molecule has 3 nitrogen and oxygen atoms in total. The zero-order valence-electron chi connectivity index (χ0n) is 11.9. The van der Waals surface area contributed by atoms with Gasteiger partial charge in [0.1, 0.15) is 0 Å². The van der Waals surface area contributed by atoms with E-state index in [4.69, 9.17) is 28.9 Å². The zero-order chi connectivity index (χ0) is 15.7. The standard InChI is InChI=1S/C8H6ClNS.C7H5ClN2S.Fe/c1-5-2-3-7-6(4-5)8(9)10-11-7;8-7-5-3-4(9)1-2-6(5)11-10-7;/h2-4H,1H3;1-3H,9H2;. The number of nitrogens with zero attached hydrogens (tertiary/aromatic N) is 2. The Hall–Kier alpha value is -0.881. The number of nitrogens with two attached hydrogens (primary N) is 1. The number of aryl methyl sites for hydroxylation is 1. The number of aromatic nitrogens is 2. The van der Waals surface area contributed by atoms with Gasteiger partial charge in [0.25, 0.3) is 0 Å². The quantitative estimate of drug-likeness (QED) is 0.287. The van der Waals surface area contributed by atoms with Gasteiger partial charge in [0.2, 0.25) is 0 Å². The largest absolute Gasteiger partial charge is 0.399 e. The van der Waals surface area contributed by atoms with Crippen molar-refractivity contribution >= 4 is 72.1 Å². The zero-order valence-corrected chi connectivity index (χ0v) is 16.1. The van der Waals surface area contributed by atoms with Gasteiger partial charge in [-0.15, -0.1) is 0 Å². The van der Waals surface area contributed by atoms with Crippen molar-refractivity contribution in [2.24, 2.45) is 0 Å². The Kier molecular flexibility index (Phi) is 6.25. The average molecular weight is 424 g/mol. The summed E-state index contributed by atoms with van der Waals surface area (Å²) in [6.07, 6.45) is 0. The summed E-state index contributed by atoms with van der Waals surface area (Å²) in [4.78, 5) is 0. The molecular formula is C15H11Cl2FeN3S2. The number of rotatable bonds is 0. The molecular weight excluding hydrogens is 413 g/mol. The molecule has 23 heavy (non-hydrogen) atoms. The van der Waals surface area contributed by atoms with Crippen LogP contribution in [0.3, 0.4) is 0 Å². The number of anilines is 1. The molecule has 0 fully saturated rings. The van der Waals surface area contributed by atoms with Crippen molar-refractivity contribution in [3.63, 3.8) is 0 Å². The van der Waals surface area contributed by atoms with Gasteiger partial charge < -0.3 is 5.73 Å². The molecule has 8 heteroatoms. The fourth-order valence-electron chi connectivity index (χ4n) is 1.95. The molecule has 2 heterocycles. The summed E-state index contributed by atoms with van der Waals surface area (Å²) < 4.78 is 10.3. The summed E-state index contributed by atoms with van der Waals surface area (Å²) in [5.74, 6) is 0. The maximum Gasteiger partial charge on any atom is 0.150 e. The number of fused-ring (bicyclic) bond motifs is 2. The van der Waals surface area contributed by atoms with Crippen LogP contribution in [0.4, 0.5) is 5.69 Å². The van der Waals surface area contributed by atoms with Gasteiger partial charge in [-0.3, -0.25) is 0 Å². The van der Waals surface area contributed by atoms with Crippen LogP contribution < -0.4 is 5.73 Å². The summed E-state index contributed by atoms with van der Waals surface area (Å²) in [5, 5.41) is 3.17. The third-order valence-electron chi connectivity index (χ3n) is 3.03. The van der Waals surface area contributed by atoms with E-state index in [0.29, 0.717) is 10.3 Å². The van der Waals surface area contributed by atoms with Crippen molar-refractivity contribution < 1.29 is 17.1 Å². The average Bonchev–Trinajstić information content (AvgIpc) is 3.04. The van der Waals surface area contributed by atoms with Gasteiger partial charge in [0.05, 0.1) is 9.40 Å². The van der Waals surface area contributed by atoms with Crippen LogP contribution in [0.1, 0.15) is 5.56 Å². The van der Waals surface area contributed by atoms with Crippen molar-refractivity contribution in [3.8, 4) is 0 Å². The summed E-state index contributed by atoms with van der Waals surface area (Å²) >= 11 is 14.5. The first-order chi connectivity index (χ1) is 10.5. The third-order valence-corrected chi connectivity index (χ3v) is 5.46. The molecule has 0 atom stereocenters. The van der Waals surface area contributed by atoms with E-state index in [2.05, 4.69) is 20.9 Å². The predicted octanol–water partition coefficient (Wildman–Crippen LogP) is 5.79. The van der Waals surface area contributed by atoms with Gasteiger partial charge >= 0.3 is 0 Å². The molecule has 0 unspecified atom stereocenters. The van der Waals surface area contributed by atoms with E-state index in [-0.39, 0.29) is 17.1 Å². The van der Waals surface area contributed by atoms with Crippen molar-refractivity contribution in [1.29, 1.82) is 0 Å². The number of hydrogen-bond acceptors (Lipinski definition) is 5. The van der Waals surface area contributed by atoms with Crippen LogP contribution >= 0.6 is 46.3 Å². The minimum Gasteiger partial charge on any atom is -0.399 e. The Labute approximate surface area is 162 Å². The van der Waals surface area contributed by atoms with Crippen LogP contribution in [-0.4, -0.2) is 8.75 Å². The Bertz CT molecular complexity index is 874. The van der Waals surface area contributed by atoms with Gasteiger partial charge in [-0.1, -0.05) is 34.8 Å². The maximum atomic E-state index is 5.84. The van der Waals surface area contributed by atoms with E-state index in [1.54, 1.807) is 0 Å². The third kappa shape index (κ3) is 4.15. The fraction of sp³-hybridized carbons (Fsp3) is 0.0667. The smallest absolute Gasteiger partial charge is 0.150 e. The monoisotopic (exact) mass is 423 g/mol. The number of halogens is 2. The van der Waals surface area contributed by atoms with Crippen LogP contribution in [-0.2, 0) is 17.1 Å². The van der Waals surface area contributed by atoms with Crippen molar-refractivity contribution in [2.45, 2.75) is 6.92 Å². The van der Waals surface area contributed by atoms with Crippen LogP contribution in [0.5, 0.6) is 0 Å². The summed E-state index contributed by atoms with van der Waals surface area (Å²) in [5.41, 5.74) is 7.51. The molecule has 2 N–H and O–H groups in total. The SMILES string of the molecule is Cc1ccc2snc(Cl)c2c1.Nc1ccc2snc(Cl)c2c1.[Fe]. The number of nitrogen functional groups attached to an aromatic ring is 1. The summed E-state index contributed by atoms with van der Waals surface area (Å²) in [6.45, 7) is 2.05. The molecule has 4 rings (SSSR count). The van der Waals surface area contributed by atoms with Crippen molar-refractivity contribution in [1.82, 2.24) is 8.75 Å². The van der Waals surface area contributed by atoms with E-state index in [9.17, 15) is 0 Å². The molecule has 2 aromatic carbocycles. The Morgan fingerprint density at radius 1 is 0.870 bits per heavy atom. The van der Waals surface area contributed by atoms with Crippen LogP contribution in [0, 0.1) is 6.92 Å². The van der Waals surface area contributed by atoms with Gasteiger partial charge in [-0.25, -0.2) is 0 Å². The Balaban J connectivity index is 0.000000160. The minimum atomic E-state index is 0. The molecule has 0 saturated heterocycles. The first-order valence-corrected chi connectivity index (χ1v) is 8.67. The molecule has 0 spiro atoms. The predicted molar refractivity (Wildman–Crippen MR) is 98.4 cm³/mol. The van der Waals surface area contributed by atoms with E-state index in [1.807, 2.05) is 31.2 Å². The molecule has 0 amide bonds.